The molecule has 3 rings (SSSR count). The van der Waals surface area contributed by atoms with Crippen LogP contribution in [-0.4, -0.2) is 18.0 Å². The van der Waals surface area contributed by atoms with Gasteiger partial charge in [0.15, 0.2) is 0 Å². The molecule has 24 heavy (non-hydrogen) atoms. The fourth-order valence-electron chi connectivity index (χ4n) is 2.49. The number of nitrogens with zero attached hydrogens (tertiary/aromatic N) is 1. The number of nitrogens with one attached hydrogen (secondary N) is 2. The summed E-state index contributed by atoms with van der Waals surface area (Å²) in [6.45, 7) is 5.91. The number of hydrogen-bond acceptors (Lipinski definition) is 5. The normalized spacial score (nSPS) is 10.7. The average Bonchev–Trinajstić information content (AvgIpc) is 3.00. The van der Waals surface area contributed by atoms with Crippen molar-refractivity contribution >= 4 is 32.6 Å². The molecule has 124 valence electrons. The van der Waals surface area contributed by atoms with E-state index < -0.39 is 0 Å². The summed E-state index contributed by atoms with van der Waals surface area (Å²) in [4.78, 5) is 16.9. The van der Waals surface area contributed by atoms with Crippen LogP contribution in [0, 0.1) is 20.8 Å². The highest BCUT2D eigenvalue weighted by molar-refractivity contribution is 7.22. The summed E-state index contributed by atoms with van der Waals surface area (Å²) in [5, 5.41) is 0.622. The Hall–Kier alpha value is -2.60. The van der Waals surface area contributed by atoms with Gasteiger partial charge in [0.25, 0.3) is 5.91 Å². The number of carbonyl (C=O) groups is 1. The molecule has 0 fully saturated rings. The van der Waals surface area contributed by atoms with Gasteiger partial charge in [0.05, 0.1) is 11.8 Å². The second-order valence-corrected chi connectivity index (χ2v) is 6.68. The molecule has 0 aliphatic carbocycles. The molecule has 1 heterocycles. The highest BCUT2D eigenvalue weighted by atomic mass is 32.1. The third kappa shape index (κ3) is 3.05. The second kappa shape index (κ2) is 6.49. The smallest absolute Gasteiger partial charge is 0.269 e. The standard InChI is InChI=1S/C18H19N3O2S/c1-10-5-6-11(2)13(9-10)17(22)20-21-18-19-15-14(23-4)8-7-12(3)16(15)24-18/h5-9H,1-4H3,(H,19,21)(H,20,22). The number of aromatic nitrogens is 1. The molecule has 3 aromatic rings. The van der Waals surface area contributed by atoms with Gasteiger partial charge in [-0.05, 0) is 44.0 Å². The molecule has 0 saturated carbocycles. The van der Waals surface area contributed by atoms with Crippen molar-refractivity contribution in [1.82, 2.24) is 10.4 Å². The van der Waals surface area contributed by atoms with Gasteiger partial charge in [-0.1, -0.05) is 35.1 Å². The molecule has 5 nitrogen and oxygen atoms in total. The van der Waals surface area contributed by atoms with Crippen LogP contribution in [-0.2, 0) is 0 Å². The van der Waals surface area contributed by atoms with Gasteiger partial charge in [0.1, 0.15) is 11.3 Å². The van der Waals surface area contributed by atoms with E-state index in [9.17, 15) is 4.79 Å². The van der Waals surface area contributed by atoms with E-state index in [1.165, 1.54) is 11.3 Å². The van der Waals surface area contributed by atoms with Crippen LogP contribution in [0.1, 0.15) is 27.0 Å². The maximum atomic E-state index is 12.4. The number of aryl methyl sites for hydroxylation is 3. The molecule has 0 atom stereocenters. The maximum Gasteiger partial charge on any atom is 0.269 e. The van der Waals surface area contributed by atoms with Crippen molar-refractivity contribution in [3.63, 3.8) is 0 Å². The van der Waals surface area contributed by atoms with E-state index in [4.69, 9.17) is 4.74 Å². The zero-order valence-corrected chi connectivity index (χ0v) is 14.9. The van der Waals surface area contributed by atoms with Crippen LogP contribution in [0.2, 0.25) is 0 Å². The van der Waals surface area contributed by atoms with Crippen LogP contribution in [0.3, 0.4) is 0 Å². The first-order valence-electron chi connectivity index (χ1n) is 7.57. The van der Waals surface area contributed by atoms with Gasteiger partial charge in [0, 0.05) is 5.56 Å². The number of amides is 1. The first kappa shape index (κ1) is 16.3. The Bertz CT molecular complexity index is 918. The number of hydrogen-bond donors (Lipinski definition) is 2. The van der Waals surface area contributed by atoms with Gasteiger partial charge in [0.2, 0.25) is 5.13 Å². The summed E-state index contributed by atoms with van der Waals surface area (Å²) < 4.78 is 6.39. The highest BCUT2D eigenvalue weighted by Crippen LogP contribution is 2.34. The Balaban J connectivity index is 1.82. The van der Waals surface area contributed by atoms with Crippen LogP contribution in [0.15, 0.2) is 30.3 Å². The molecule has 1 aromatic heterocycles. The summed E-state index contributed by atoms with van der Waals surface area (Å²) in [5.41, 5.74) is 10.2. The van der Waals surface area contributed by atoms with Crippen molar-refractivity contribution in [2.75, 3.05) is 12.5 Å². The van der Waals surface area contributed by atoms with Gasteiger partial charge in [-0.25, -0.2) is 4.98 Å². The van der Waals surface area contributed by atoms with Crippen LogP contribution < -0.4 is 15.6 Å². The lowest BCUT2D eigenvalue weighted by Crippen LogP contribution is -2.29. The van der Waals surface area contributed by atoms with Crippen LogP contribution in [0.5, 0.6) is 5.75 Å². The molecule has 0 radical (unpaired) electrons. The first-order valence-corrected chi connectivity index (χ1v) is 8.39. The van der Waals surface area contributed by atoms with E-state index in [1.54, 1.807) is 7.11 Å². The lowest BCUT2D eigenvalue weighted by molar-refractivity contribution is 0.0962. The number of carbonyl (C=O) groups excluding carboxylic acids is 1. The minimum atomic E-state index is -0.181. The third-order valence-corrected chi connectivity index (χ3v) is 4.95. The zero-order chi connectivity index (χ0) is 17.3. The number of benzene rings is 2. The summed E-state index contributed by atoms with van der Waals surface area (Å²) in [5.74, 6) is 0.542. The van der Waals surface area contributed by atoms with Gasteiger partial charge >= 0.3 is 0 Å². The van der Waals surface area contributed by atoms with Crippen LogP contribution >= 0.6 is 11.3 Å². The SMILES string of the molecule is COc1ccc(C)c2sc(NNC(=O)c3cc(C)ccc3C)nc12. The van der Waals surface area contributed by atoms with Crippen molar-refractivity contribution < 1.29 is 9.53 Å². The largest absolute Gasteiger partial charge is 0.494 e. The number of hydrazine groups is 1. The van der Waals surface area contributed by atoms with Crippen LogP contribution in [0.4, 0.5) is 5.13 Å². The van der Waals surface area contributed by atoms with Crippen molar-refractivity contribution in [1.29, 1.82) is 0 Å². The Morgan fingerprint density at radius 3 is 2.62 bits per heavy atom. The van der Waals surface area contributed by atoms with Crippen molar-refractivity contribution in [2.24, 2.45) is 0 Å². The quantitative estimate of drug-likeness (QED) is 0.705. The average molecular weight is 341 g/mol. The number of rotatable bonds is 4. The molecule has 0 aliphatic heterocycles. The van der Waals surface area contributed by atoms with Crippen molar-refractivity contribution in [3.05, 3.63) is 52.6 Å². The molecular formula is C18H19N3O2S. The number of methoxy groups -OCH3 is 1. The molecule has 0 saturated heterocycles. The third-order valence-electron chi connectivity index (χ3n) is 3.84. The summed E-state index contributed by atoms with van der Waals surface area (Å²) in [6.07, 6.45) is 0. The molecule has 0 unspecified atom stereocenters. The van der Waals surface area contributed by atoms with E-state index in [1.807, 2.05) is 51.1 Å². The highest BCUT2D eigenvalue weighted by Gasteiger charge is 2.13. The zero-order valence-electron chi connectivity index (χ0n) is 14.1. The van der Waals surface area contributed by atoms with Gasteiger partial charge < -0.3 is 4.74 Å². The predicted molar refractivity (Wildman–Crippen MR) is 97.9 cm³/mol. The monoisotopic (exact) mass is 341 g/mol. The summed E-state index contributed by atoms with van der Waals surface area (Å²) in [7, 11) is 1.62. The minimum Gasteiger partial charge on any atom is -0.494 e. The lowest BCUT2D eigenvalue weighted by atomic mass is 10.1. The number of fused-ring (bicyclic) bond motifs is 1. The number of anilines is 1. The number of ether oxygens (including phenoxy) is 1. The maximum absolute atomic E-state index is 12.4. The molecule has 0 aliphatic rings. The Kier molecular flexibility index (Phi) is 4.40. The van der Waals surface area contributed by atoms with Gasteiger partial charge in [-0.3, -0.25) is 15.6 Å². The lowest BCUT2D eigenvalue weighted by Gasteiger charge is -2.08. The molecule has 6 heteroatoms. The molecule has 2 N–H and O–H groups in total. The topological polar surface area (TPSA) is 63.2 Å². The molecule has 0 spiro atoms. The van der Waals surface area contributed by atoms with E-state index in [0.717, 1.165) is 32.7 Å². The Morgan fingerprint density at radius 2 is 1.88 bits per heavy atom. The first-order chi connectivity index (χ1) is 11.5. The van der Waals surface area contributed by atoms with Crippen molar-refractivity contribution in [3.8, 4) is 5.75 Å². The van der Waals surface area contributed by atoms with Crippen LogP contribution in [0.25, 0.3) is 10.2 Å². The van der Waals surface area contributed by atoms with Gasteiger partial charge in [-0.2, -0.15) is 0 Å². The molecular weight excluding hydrogens is 322 g/mol. The predicted octanol–water partition coefficient (Wildman–Crippen LogP) is 3.99. The van der Waals surface area contributed by atoms with E-state index in [0.29, 0.717) is 10.7 Å². The fourth-order valence-corrected chi connectivity index (χ4v) is 3.39. The van der Waals surface area contributed by atoms with Gasteiger partial charge in [-0.15, -0.1) is 0 Å². The minimum absolute atomic E-state index is 0.181. The number of thiazole rings is 1. The molecule has 2 aromatic carbocycles. The van der Waals surface area contributed by atoms with Crippen molar-refractivity contribution in [2.45, 2.75) is 20.8 Å². The fraction of sp³-hybridized carbons (Fsp3) is 0.222. The second-order valence-electron chi connectivity index (χ2n) is 5.68. The Morgan fingerprint density at radius 1 is 1.12 bits per heavy atom. The van der Waals surface area contributed by atoms with E-state index in [-0.39, 0.29) is 5.91 Å². The molecule has 1 amide bonds. The summed E-state index contributed by atoms with van der Waals surface area (Å²) in [6, 6.07) is 9.70. The summed E-state index contributed by atoms with van der Waals surface area (Å²) >= 11 is 1.48. The molecule has 0 bridgehead atoms. The van der Waals surface area contributed by atoms with E-state index in [2.05, 4.69) is 15.8 Å². The van der Waals surface area contributed by atoms with E-state index >= 15 is 0 Å². The Labute approximate surface area is 144 Å².